The maximum absolute atomic E-state index is 12.6. The molecule has 0 spiro atoms. The molecule has 148 valence electrons. The Hall–Kier alpha value is -2.67. The van der Waals surface area contributed by atoms with Gasteiger partial charge in [0, 0.05) is 31.5 Å². The van der Waals surface area contributed by atoms with Crippen LogP contribution < -0.4 is 5.32 Å². The highest BCUT2D eigenvalue weighted by molar-refractivity contribution is 5.95. The van der Waals surface area contributed by atoms with Gasteiger partial charge >= 0.3 is 0 Å². The van der Waals surface area contributed by atoms with Gasteiger partial charge in [0.05, 0.1) is 0 Å². The number of hydrogen-bond acceptors (Lipinski definition) is 3. The van der Waals surface area contributed by atoms with Crippen molar-refractivity contribution < 1.29 is 9.53 Å². The lowest BCUT2D eigenvalue weighted by molar-refractivity contribution is -0.117. The Morgan fingerprint density at radius 2 is 1.89 bits per heavy atom. The van der Waals surface area contributed by atoms with Crippen LogP contribution in [0, 0.1) is 19.5 Å². The second-order valence-electron chi connectivity index (χ2n) is 7.88. The highest BCUT2D eigenvalue weighted by Crippen LogP contribution is 2.38. The number of carbonyl (C=O) groups is 1. The van der Waals surface area contributed by atoms with Crippen LogP contribution in [0.2, 0.25) is 0 Å². The number of terminal acetylenes is 1. The summed E-state index contributed by atoms with van der Waals surface area (Å²) in [4.78, 5) is 14.8. The average molecular weight is 379 g/mol. The van der Waals surface area contributed by atoms with Gasteiger partial charge in [-0.2, -0.15) is 0 Å². The van der Waals surface area contributed by atoms with Crippen molar-refractivity contribution in [3.63, 3.8) is 0 Å². The van der Waals surface area contributed by atoms with E-state index in [2.05, 4.69) is 48.9 Å². The number of ether oxygens (including phenoxy) is 1. The molecule has 28 heavy (non-hydrogen) atoms. The summed E-state index contributed by atoms with van der Waals surface area (Å²) in [6, 6.07) is 8.23. The number of piperidine rings is 1. The quantitative estimate of drug-likeness (QED) is 0.774. The minimum absolute atomic E-state index is 0.00202. The van der Waals surface area contributed by atoms with E-state index >= 15 is 0 Å². The van der Waals surface area contributed by atoms with E-state index < -0.39 is 5.60 Å². The summed E-state index contributed by atoms with van der Waals surface area (Å²) in [6.07, 6.45) is 13.6. The third-order valence-electron chi connectivity index (χ3n) is 6.12. The number of hydrogen-bond donors (Lipinski definition) is 1. The van der Waals surface area contributed by atoms with Crippen molar-refractivity contribution in [3.8, 4) is 12.5 Å². The van der Waals surface area contributed by atoms with Crippen LogP contribution in [0.5, 0.6) is 0 Å². The molecule has 1 amide bonds. The van der Waals surface area contributed by atoms with E-state index in [-0.39, 0.29) is 5.91 Å². The molecule has 4 heteroatoms. The van der Waals surface area contributed by atoms with Gasteiger partial charge in [0.15, 0.2) is 0 Å². The molecule has 4 nitrogen and oxygen atoms in total. The number of carbonyl (C=O) groups excluding carboxylic acids is 1. The number of likely N-dealkylation sites (tertiary alicyclic amines) is 1. The third-order valence-corrected chi connectivity index (χ3v) is 6.12. The molecule has 1 fully saturated rings. The van der Waals surface area contributed by atoms with Gasteiger partial charge in [-0.3, -0.25) is 4.79 Å². The summed E-state index contributed by atoms with van der Waals surface area (Å²) < 4.78 is 5.83. The van der Waals surface area contributed by atoms with E-state index in [9.17, 15) is 4.79 Å². The van der Waals surface area contributed by atoms with Crippen LogP contribution >= 0.6 is 0 Å². The Labute approximate surface area is 168 Å². The fourth-order valence-electron chi connectivity index (χ4n) is 4.41. The van der Waals surface area contributed by atoms with Crippen LogP contribution in [0.25, 0.3) is 0 Å². The van der Waals surface area contributed by atoms with Crippen LogP contribution in [0.4, 0.5) is 0 Å². The summed E-state index contributed by atoms with van der Waals surface area (Å²) in [7, 11) is 0. The molecule has 2 aliphatic rings. The lowest BCUT2D eigenvalue weighted by Gasteiger charge is -2.42. The van der Waals surface area contributed by atoms with Crippen LogP contribution in [-0.2, 0) is 15.1 Å². The minimum atomic E-state index is -0.483. The fraction of sp³-hybridized carbons (Fsp3) is 0.458. The molecule has 3 rings (SSSR count). The van der Waals surface area contributed by atoms with Gasteiger partial charge in [-0.25, -0.2) is 0 Å². The molecule has 1 heterocycles. The zero-order valence-corrected chi connectivity index (χ0v) is 17.0. The van der Waals surface area contributed by atoms with E-state index in [1.54, 1.807) is 0 Å². The number of nitrogens with zero attached hydrogens (tertiary/aromatic N) is 1. The van der Waals surface area contributed by atoms with Gasteiger partial charge < -0.3 is 15.0 Å². The van der Waals surface area contributed by atoms with E-state index in [1.807, 2.05) is 12.1 Å². The topological polar surface area (TPSA) is 41.6 Å². The number of rotatable bonds is 5. The number of nitrogens with one attached hydrogen (secondary N) is 1. The molecular weight excluding hydrogens is 348 g/mol. The summed E-state index contributed by atoms with van der Waals surface area (Å²) in [5.74, 6) is 0.660. The average Bonchev–Trinajstić information content (AvgIpc) is 2.69. The zero-order valence-electron chi connectivity index (χ0n) is 17.0. The first-order chi connectivity index (χ1) is 13.5. The predicted octanol–water partition coefficient (Wildman–Crippen LogP) is 4.37. The van der Waals surface area contributed by atoms with Crippen molar-refractivity contribution in [2.24, 2.45) is 0 Å². The number of benzene rings is 1. The molecule has 1 aromatic carbocycles. The van der Waals surface area contributed by atoms with Crippen molar-refractivity contribution in [2.75, 3.05) is 13.1 Å². The second-order valence-corrected chi connectivity index (χ2v) is 7.88. The first kappa shape index (κ1) is 20.1. The van der Waals surface area contributed by atoms with Crippen LogP contribution in [0.1, 0.15) is 56.6 Å². The van der Waals surface area contributed by atoms with Gasteiger partial charge in [0.2, 0.25) is 0 Å². The monoisotopic (exact) mass is 378 g/mol. The largest absolute Gasteiger partial charge is 0.435 e. The minimum Gasteiger partial charge on any atom is -0.435 e. The fourth-order valence-corrected chi connectivity index (χ4v) is 4.41. The normalized spacial score (nSPS) is 19.0. The predicted molar refractivity (Wildman–Crippen MR) is 112 cm³/mol. The van der Waals surface area contributed by atoms with E-state index in [0.717, 1.165) is 56.3 Å². The maximum atomic E-state index is 12.6. The van der Waals surface area contributed by atoms with Gasteiger partial charge in [-0.05, 0) is 50.7 Å². The Kier molecular flexibility index (Phi) is 6.14. The second kappa shape index (κ2) is 8.56. The standard InChI is InChI=1S/C24H30N2O2/c1-5-28-24(22-13-9-7-11-19(22)3)14-16-26(17-15-24)20(4)25-23(27)21-12-8-6-10-18(21)2/h1,7,9,11,13H,4,6,8,10,12,14-17H2,2-3H3,(H,25,27). The van der Waals surface area contributed by atoms with Crippen LogP contribution in [0.3, 0.4) is 0 Å². The van der Waals surface area contributed by atoms with Crippen LogP contribution in [0.15, 0.2) is 47.8 Å². The smallest absolute Gasteiger partial charge is 0.252 e. The summed E-state index contributed by atoms with van der Waals surface area (Å²) >= 11 is 0. The van der Waals surface area contributed by atoms with Gasteiger partial charge in [0.25, 0.3) is 5.91 Å². The molecule has 0 unspecified atom stereocenters. The SMILES string of the molecule is C#COC1(c2ccccc2C)CCN(C(=C)NC(=O)C2=C(C)CCCC2)CC1. The molecule has 1 aliphatic carbocycles. The molecule has 0 saturated carbocycles. The molecule has 1 saturated heterocycles. The summed E-state index contributed by atoms with van der Waals surface area (Å²) in [5, 5.41) is 3.01. The maximum Gasteiger partial charge on any atom is 0.252 e. The molecule has 0 aromatic heterocycles. The number of amides is 1. The van der Waals surface area contributed by atoms with Crippen molar-refractivity contribution in [2.45, 2.75) is 58.0 Å². The molecule has 0 bridgehead atoms. The third kappa shape index (κ3) is 4.09. The summed E-state index contributed by atoms with van der Waals surface area (Å²) in [5.41, 5.74) is 3.97. The van der Waals surface area contributed by atoms with Gasteiger partial charge in [-0.15, -0.1) is 0 Å². The Bertz CT molecular complexity index is 823. The van der Waals surface area contributed by atoms with Gasteiger partial charge in [0.1, 0.15) is 17.5 Å². The highest BCUT2D eigenvalue weighted by atomic mass is 16.5. The zero-order chi connectivity index (χ0) is 20.1. The van der Waals surface area contributed by atoms with E-state index in [1.165, 1.54) is 17.6 Å². The molecule has 1 N–H and O–H groups in total. The van der Waals surface area contributed by atoms with Crippen molar-refractivity contribution in [1.82, 2.24) is 10.2 Å². The summed E-state index contributed by atoms with van der Waals surface area (Å²) in [6.45, 7) is 9.72. The molecular formula is C24H30N2O2. The Morgan fingerprint density at radius 3 is 2.54 bits per heavy atom. The van der Waals surface area contributed by atoms with Crippen molar-refractivity contribution >= 4 is 5.91 Å². The molecule has 0 atom stereocenters. The van der Waals surface area contributed by atoms with E-state index in [4.69, 9.17) is 11.2 Å². The number of allylic oxidation sites excluding steroid dienone is 1. The van der Waals surface area contributed by atoms with E-state index in [0.29, 0.717) is 5.82 Å². The first-order valence-corrected chi connectivity index (χ1v) is 10.1. The molecule has 1 aliphatic heterocycles. The number of aryl methyl sites for hydroxylation is 1. The lowest BCUT2D eigenvalue weighted by Crippen LogP contribution is -2.46. The molecule has 1 aromatic rings. The highest BCUT2D eigenvalue weighted by Gasteiger charge is 2.39. The van der Waals surface area contributed by atoms with Gasteiger partial charge in [-0.1, -0.05) is 42.8 Å². The van der Waals surface area contributed by atoms with Crippen LogP contribution in [-0.4, -0.2) is 23.9 Å². The molecule has 0 radical (unpaired) electrons. The lowest BCUT2D eigenvalue weighted by atomic mass is 9.82. The first-order valence-electron chi connectivity index (χ1n) is 10.1. The Balaban J connectivity index is 1.67. The Morgan fingerprint density at radius 1 is 1.21 bits per heavy atom. The van der Waals surface area contributed by atoms with Crippen molar-refractivity contribution in [1.29, 1.82) is 0 Å². The van der Waals surface area contributed by atoms with Crippen molar-refractivity contribution in [3.05, 3.63) is 58.9 Å².